The molecule has 2 saturated carbocycles. The van der Waals surface area contributed by atoms with Crippen LogP contribution in [0, 0.1) is 29.1 Å². The maximum atomic E-state index is 14.1. The molecule has 0 aromatic heterocycles. The Hall–Kier alpha value is -3.06. The van der Waals surface area contributed by atoms with Crippen LogP contribution in [0.4, 0.5) is 0 Å². The van der Waals surface area contributed by atoms with E-state index in [0.717, 1.165) is 43.2 Å². The van der Waals surface area contributed by atoms with Gasteiger partial charge < -0.3 is 9.84 Å². The lowest BCUT2D eigenvalue weighted by Crippen LogP contribution is -2.55. The molecule has 0 spiro atoms. The SMILES string of the molecule is CC1=CC(=O)[C@@H]2C[C@@H]3C(=CC[C@@H]4C(=O)N(C5CCCCC5)C(=O)[C@@H]43)[C@H](c3ccccc3OCCO)[C@]2(C)C1=O. The fourth-order valence-corrected chi connectivity index (χ4v) is 8.47. The van der Waals surface area contributed by atoms with Crippen molar-refractivity contribution in [1.82, 2.24) is 4.90 Å². The van der Waals surface area contributed by atoms with Crippen LogP contribution in [0.2, 0.25) is 0 Å². The number of benzene rings is 1. The van der Waals surface area contributed by atoms with Crippen LogP contribution in [-0.4, -0.2) is 52.6 Å². The Morgan fingerprint density at radius 2 is 1.77 bits per heavy atom. The average molecular weight is 532 g/mol. The number of ketones is 2. The van der Waals surface area contributed by atoms with Gasteiger partial charge in [-0.25, -0.2) is 0 Å². The monoisotopic (exact) mass is 531 g/mol. The summed E-state index contributed by atoms with van der Waals surface area (Å²) in [6, 6.07) is 7.46. The number of fused-ring (bicyclic) bond motifs is 4. The van der Waals surface area contributed by atoms with Gasteiger partial charge in [0.2, 0.25) is 11.8 Å². The number of hydrogen-bond donors (Lipinski definition) is 1. The summed E-state index contributed by atoms with van der Waals surface area (Å²) in [7, 11) is 0. The zero-order valence-corrected chi connectivity index (χ0v) is 22.7. The Labute approximate surface area is 229 Å². The number of aliphatic hydroxyl groups excluding tert-OH is 1. The van der Waals surface area contributed by atoms with Gasteiger partial charge in [0.1, 0.15) is 12.4 Å². The molecule has 7 heteroatoms. The molecule has 6 atom stereocenters. The van der Waals surface area contributed by atoms with E-state index < -0.39 is 29.1 Å². The van der Waals surface area contributed by atoms with E-state index in [1.54, 1.807) is 11.8 Å². The average Bonchev–Trinajstić information content (AvgIpc) is 3.20. The highest BCUT2D eigenvalue weighted by Crippen LogP contribution is 2.63. The highest BCUT2D eigenvalue weighted by atomic mass is 16.5. The number of carbonyl (C=O) groups is 4. The third-order valence-corrected chi connectivity index (χ3v) is 10.2. The minimum absolute atomic E-state index is 0.0338. The minimum atomic E-state index is -1.04. The molecule has 3 fully saturated rings. The highest BCUT2D eigenvalue weighted by molar-refractivity contribution is 6.13. The molecule has 6 rings (SSSR count). The molecule has 5 aliphatic rings. The van der Waals surface area contributed by atoms with Gasteiger partial charge in [-0.15, -0.1) is 0 Å². The molecule has 1 aromatic carbocycles. The number of rotatable bonds is 5. The predicted molar refractivity (Wildman–Crippen MR) is 144 cm³/mol. The lowest BCUT2D eigenvalue weighted by Gasteiger charge is -2.53. The van der Waals surface area contributed by atoms with Crippen LogP contribution in [-0.2, 0) is 19.2 Å². The number of aliphatic hydroxyl groups is 1. The first kappa shape index (κ1) is 26.2. The third kappa shape index (κ3) is 3.87. The summed E-state index contributed by atoms with van der Waals surface area (Å²) >= 11 is 0. The summed E-state index contributed by atoms with van der Waals surface area (Å²) in [4.78, 5) is 56.8. The second kappa shape index (κ2) is 9.84. The Balaban J connectivity index is 1.48. The van der Waals surface area contributed by atoms with Crippen molar-refractivity contribution in [3.63, 3.8) is 0 Å². The second-order valence-corrected chi connectivity index (χ2v) is 12.2. The van der Waals surface area contributed by atoms with Crippen LogP contribution >= 0.6 is 0 Å². The molecule has 1 saturated heterocycles. The Kier molecular flexibility index (Phi) is 6.61. The van der Waals surface area contributed by atoms with Crippen LogP contribution < -0.4 is 4.74 Å². The molecule has 0 unspecified atom stereocenters. The van der Waals surface area contributed by atoms with Gasteiger partial charge in [-0.1, -0.05) is 56.0 Å². The standard InChI is InChI=1S/C32H37NO6/c1-18-16-25(35)24-17-23-20(12-13-22-27(23)31(38)33(30(22)37)19-8-4-3-5-9-19)28(32(24,2)29(18)36)21-10-6-7-11-26(21)39-15-14-34/h6-7,10-12,16,19,22-24,27-28,34H,3-5,8-9,13-15,17H2,1-2H3/t22-,23+,24-,27-,28+,32+/m0/s1. The van der Waals surface area contributed by atoms with Crippen molar-refractivity contribution in [3.8, 4) is 5.75 Å². The number of allylic oxidation sites excluding steroid dienone is 4. The summed E-state index contributed by atoms with van der Waals surface area (Å²) in [6.45, 7) is 3.54. The number of ether oxygens (including phenoxy) is 1. The number of nitrogens with zero attached hydrogens (tertiary/aromatic N) is 1. The lowest BCUT2D eigenvalue weighted by molar-refractivity contribution is -0.144. The molecule has 7 nitrogen and oxygen atoms in total. The summed E-state index contributed by atoms with van der Waals surface area (Å²) in [6.07, 6.45) is 9.29. The van der Waals surface area contributed by atoms with E-state index in [9.17, 15) is 24.3 Å². The lowest BCUT2D eigenvalue weighted by atomic mass is 9.47. The summed E-state index contributed by atoms with van der Waals surface area (Å²) in [5.41, 5.74) is 1.15. The number of hydrogen-bond acceptors (Lipinski definition) is 6. The third-order valence-electron chi connectivity index (χ3n) is 10.2. The summed E-state index contributed by atoms with van der Waals surface area (Å²) in [5.74, 6) is -2.05. The van der Waals surface area contributed by atoms with Crippen molar-refractivity contribution < 1.29 is 29.0 Å². The van der Waals surface area contributed by atoms with E-state index in [1.807, 2.05) is 31.2 Å². The van der Waals surface area contributed by atoms with Crippen molar-refractivity contribution in [2.45, 2.75) is 70.8 Å². The normalized spacial score (nSPS) is 34.7. The van der Waals surface area contributed by atoms with E-state index in [-0.39, 0.29) is 48.6 Å². The molecular weight excluding hydrogens is 494 g/mol. The fraction of sp³-hybridized carbons (Fsp3) is 0.562. The second-order valence-electron chi connectivity index (χ2n) is 12.2. The molecule has 0 radical (unpaired) electrons. The number of likely N-dealkylation sites (tertiary alicyclic amines) is 1. The maximum absolute atomic E-state index is 14.1. The van der Waals surface area contributed by atoms with E-state index in [2.05, 4.69) is 6.08 Å². The van der Waals surface area contributed by atoms with Gasteiger partial charge in [-0.3, -0.25) is 24.1 Å². The number of amides is 2. The first-order valence-electron chi connectivity index (χ1n) is 14.4. The summed E-state index contributed by atoms with van der Waals surface area (Å²) < 4.78 is 5.94. The molecule has 4 aliphatic carbocycles. The van der Waals surface area contributed by atoms with Crippen molar-refractivity contribution in [1.29, 1.82) is 0 Å². The van der Waals surface area contributed by atoms with Gasteiger partial charge in [0.15, 0.2) is 11.6 Å². The Morgan fingerprint density at radius 3 is 2.51 bits per heavy atom. The molecular formula is C32H37NO6. The minimum Gasteiger partial charge on any atom is -0.491 e. The fourth-order valence-electron chi connectivity index (χ4n) is 8.47. The largest absolute Gasteiger partial charge is 0.491 e. The first-order chi connectivity index (χ1) is 18.8. The van der Waals surface area contributed by atoms with Crippen molar-refractivity contribution in [2.24, 2.45) is 29.1 Å². The van der Waals surface area contributed by atoms with Crippen LogP contribution in [0.5, 0.6) is 5.75 Å². The highest BCUT2D eigenvalue weighted by Gasteiger charge is 2.64. The van der Waals surface area contributed by atoms with Crippen molar-refractivity contribution in [2.75, 3.05) is 13.2 Å². The molecule has 2 amide bonds. The van der Waals surface area contributed by atoms with Crippen molar-refractivity contribution in [3.05, 3.63) is 53.1 Å². The van der Waals surface area contributed by atoms with Gasteiger partial charge in [-0.05, 0) is 56.2 Å². The van der Waals surface area contributed by atoms with Crippen molar-refractivity contribution >= 4 is 23.4 Å². The Morgan fingerprint density at radius 1 is 1.03 bits per heavy atom. The van der Waals surface area contributed by atoms with E-state index in [0.29, 0.717) is 24.2 Å². The molecule has 0 bridgehead atoms. The topological polar surface area (TPSA) is 101 Å². The van der Waals surface area contributed by atoms with Gasteiger partial charge >= 0.3 is 0 Å². The van der Waals surface area contributed by atoms with Crippen LogP contribution in [0.3, 0.4) is 0 Å². The van der Waals surface area contributed by atoms with Crippen LogP contribution in [0.15, 0.2) is 47.6 Å². The van der Waals surface area contributed by atoms with Crippen LogP contribution in [0.1, 0.15) is 70.3 Å². The molecule has 1 aromatic rings. The quantitative estimate of drug-likeness (QED) is 0.453. The smallest absolute Gasteiger partial charge is 0.233 e. The molecule has 39 heavy (non-hydrogen) atoms. The number of para-hydroxylation sites is 1. The van der Waals surface area contributed by atoms with E-state index in [4.69, 9.17) is 4.74 Å². The first-order valence-corrected chi connectivity index (χ1v) is 14.4. The van der Waals surface area contributed by atoms with E-state index >= 15 is 0 Å². The number of Topliss-reactive ketones (excluding diaryl/α,β-unsaturated/α-hetero) is 1. The molecule has 206 valence electrons. The summed E-state index contributed by atoms with van der Waals surface area (Å²) in [5, 5.41) is 9.44. The number of carbonyl (C=O) groups excluding carboxylic acids is 4. The van der Waals surface area contributed by atoms with Gasteiger partial charge in [0.25, 0.3) is 0 Å². The van der Waals surface area contributed by atoms with E-state index in [1.165, 1.54) is 6.08 Å². The molecule has 1 N–H and O–H groups in total. The molecule has 1 aliphatic heterocycles. The zero-order valence-electron chi connectivity index (χ0n) is 22.7. The van der Waals surface area contributed by atoms with Crippen LogP contribution in [0.25, 0.3) is 0 Å². The van der Waals surface area contributed by atoms with Gasteiger partial charge in [0, 0.05) is 23.4 Å². The maximum Gasteiger partial charge on any atom is 0.233 e. The van der Waals surface area contributed by atoms with Gasteiger partial charge in [0.05, 0.1) is 23.9 Å². The molecule has 1 heterocycles. The number of imide groups is 1. The van der Waals surface area contributed by atoms with Gasteiger partial charge in [-0.2, -0.15) is 0 Å². The Bertz CT molecular complexity index is 1290. The predicted octanol–water partition coefficient (Wildman–Crippen LogP) is 4.15. The zero-order chi connectivity index (χ0) is 27.5.